The second-order valence-electron chi connectivity index (χ2n) is 9.54. The maximum atomic E-state index is 13.6. The number of hydrogen-bond donors (Lipinski definition) is 1. The number of ether oxygens (including phenoxy) is 2. The zero-order valence-corrected chi connectivity index (χ0v) is 20.9. The van der Waals surface area contributed by atoms with Crippen molar-refractivity contribution < 1.29 is 14.3 Å². The van der Waals surface area contributed by atoms with Crippen LogP contribution in [0.15, 0.2) is 47.3 Å². The second-order valence-corrected chi connectivity index (χ2v) is 9.54. The number of nitrogens with zero attached hydrogens (tertiary/aromatic N) is 3. The molecule has 1 amide bonds. The predicted molar refractivity (Wildman–Crippen MR) is 137 cm³/mol. The van der Waals surface area contributed by atoms with E-state index >= 15 is 0 Å². The van der Waals surface area contributed by atoms with Gasteiger partial charge in [-0.2, -0.15) is 0 Å². The fourth-order valence-corrected chi connectivity index (χ4v) is 4.55. The fraction of sp³-hybridized carbons (Fsp3) is 0.444. The monoisotopic (exact) mass is 478 g/mol. The van der Waals surface area contributed by atoms with Crippen LogP contribution in [0.5, 0.6) is 11.5 Å². The van der Waals surface area contributed by atoms with E-state index in [2.05, 4.69) is 17.3 Å². The average molecular weight is 479 g/mol. The fourth-order valence-electron chi connectivity index (χ4n) is 4.55. The molecular weight excluding hydrogens is 444 g/mol. The molecule has 3 aromatic rings. The molecule has 1 aliphatic rings. The zero-order chi connectivity index (χ0) is 24.9. The third-order valence-corrected chi connectivity index (χ3v) is 6.21. The van der Waals surface area contributed by atoms with E-state index in [-0.39, 0.29) is 24.1 Å². The Morgan fingerprint density at radius 2 is 2.03 bits per heavy atom. The first-order valence-corrected chi connectivity index (χ1v) is 12.1. The molecule has 2 aromatic carbocycles. The summed E-state index contributed by atoms with van der Waals surface area (Å²) < 4.78 is 12.9. The Labute approximate surface area is 205 Å². The minimum absolute atomic E-state index is 0.0364. The van der Waals surface area contributed by atoms with E-state index in [4.69, 9.17) is 14.5 Å². The molecule has 0 saturated carbocycles. The number of carbonyl (C=O) groups is 1. The number of hydrogen-bond acceptors (Lipinski definition) is 6. The van der Waals surface area contributed by atoms with Crippen molar-refractivity contribution in [3.63, 3.8) is 0 Å². The van der Waals surface area contributed by atoms with Crippen molar-refractivity contribution in [3.05, 3.63) is 52.8 Å². The van der Waals surface area contributed by atoms with Gasteiger partial charge in [0, 0.05) is 24.1 Å². The Kier molecular flexibility index (Phi) is 7.70. The van der Waals surface area contributed by atoms with E-state index in [9.17, 15) is 9.59 Å². The number of aromatic nitrogens is 2. The first-order chi connectivity index (χ1) is 16.8. The van der Waals surface area contributed by atoms with Crippen LogP contribution >= 0.6 is 0 Å². The largest absolute Gasteiger partial charge is 0.497 e. The Morgan fingerprint density at radius 1 is 1.20 bits per heavy atom. The quantitative estimate of drug-likeness (QED) is 0.535. The summed E-state index contributed by atoms with van der Waals surface area (Å²) >= 11 is 0. The maximum Gasteiger partial charge on any atom is 0.262 e. The number of benzene rings is 2. The highest BCUT2D eigenvalue weighted by atomic mass is 16.5. The van der Waals surface area contributed by atoms with E-state index < -0.39 is 0 Å². The Hall–Kier alpha value is -3.39. The van der Waals surface area contributed by atoms with Gasteiger partial charge in [-0.25, -0.2) is 4.98 Å². The third kappa shape index (κ3) is 6.00. The SMILES string of the molecule is COc1cccc(-c2nc3ccc(OCC4CCCN(C)C4)cc3c(=O)n2CC(=O)NC(C)C)c1. The van der Waals surface area contributed by atoms with Gasteiger partial charge in [0.15, 0.2) is 0 Å². The molecule has 186 valence electrons. The van der Waals surface area contributed by atoms with E-state index in [0.29, 0.717) is 46.3 Å². The molecule has 1 saturated heterocycles. The van der Waals surface area contributed by atoms with Gasteiger partial charge in [0.1, 0.15) is 23.9 Å². The standard InChI is InChI=1S/C27H34N4O4/c1-18(2)28-25(32)16-31-26(20-8-5-9-21(13-20)34-4)29-24-11-10-22(14-23(24)27(31)33)35-17-19-7-6-12-30(3)15-19/h5,8-11,13-14,18-19H,6-7,12,15-17H2,1-4H3,(H,28,32). The average Bonchev–Trinajstić information content (AvgIpc) is 2.84. The van der Waals surface area contributed by atoms with Crippen LogP contribution in [0.4, 0.5) is 0 Å². The van der Waals surface area contributed by atoms with Gasteiger partial charge in [0.25, 0.3) is 5.56 Å². The van der Waals surface area contributed by atoms with E-state index in [0.717, 1.165) is 19.5 Å². The molecule has 0 aliphatic carbocycles. The van der Waals surface area contributed by atoms with Crippen LogP contribution in [-0.2, 0) is 11.3 Å². The lowest BCUT2D eigenvalue weighted by atomic mass is 9.99. The molecule has 1 N–H and O–H groups in total. The number of rotatable bonds is 8. The molecule has 0 radical (unpaired) electrons. The minimum Gasteiger partial charge on any atom is -0.497 e. The van der Waals surface area contributed by atoms with Gasteiger partial charge >= 0.3 is 0 Å². The van der Waals surface area contributed by atoms with Gasteiger partial charge in [-0.05, 0) is 70.6 Å². The van der Waals surface area contributed by atoms with Crippen LogP contribution in [0.25, 0.3) is 22.3 Å². The van der Waals surface area contributed by atoms with Crippen molar-refractivity contribution in [3.8, 4) is 22.9 Å². The molecule has 1 unspecified atom stereocenters. The number of fused-ring (bicyclic) bond motifs is 1. The topological polar surface area (TPSA) is 85.7 Å². The minimum atomic E-state index is -0.283. The van der Waals surface area contributed by atoms with Gasteiger partial charge in [-0.3, -0.25) is 14.2 Å². The van der Waals surface area contributed by atoms with Crippen LogP contribution < -0.4 is 20.3 Å². The molecular formula is C27H34N4O4. The third-order valence-electron chi connectivity index (χ3n) is 6.21. The Morgan fingerprint density at radius 3 is 2.77 bits per heavy atom. The number of piperidine rings is 1. The first-order valence-electron chi connectivity index (χ1n) is 12.1. The van der Waals surface area contributed by atoms with E-state index in [1.54, 1.807) is 19.2 Å². The molecule has 8 heteroatoms. The van der Waals surface area contributed by atoms with Gasteiger partial charge in [-0.1, -0.05) is 12.1 Å². The molecule has 4 rings (SSSR count). The van der Waals surface area contributed by atoms with Crippen molar-refractivity contribution in [2.24, 2.45) is 5.92 Å². The van der Waals surface area contributed by atoms with Crippen molar-refractivity contribution in [1.82, 2.24) is 19.8 Å². The smallest absolute Gasteiger partial charge is 0.262 e. The predicted octanol–water partition coefficient (Wildman–Crippen LogP) is 3.32. The molecule has 35 heavy (non-hydrogen) atoms. The summed E-state index contributed by atoms with van der Waals surface area (Å²) in [7, 11) is 3.72. The van der Waals surface area contributed by atoms with E-state index in [1.807, 2.05) is 44.2 Å². The highest BCUT2D eigenvalue weighted by molar-refractivity contribution is 5.83. The van der Waals surface area contributed by atoms with Gasteiger partial charge in [-0.15, -0.1) is 0 Å². The zero-order valence-electron chi connectivity index (χ0n) is 20.9. The summed E-state index contributed by atoms with van der Waals surface area (Å²) in [6.07, 6.45) is 2.31. The number of carbonyl (C=O) groups excluding carboxylic acids is 1. The van der Waals surface area contributed by atoms with Crippen LogP contribution in [0, 0.1) is 5.92 Å². The molecule has 1 aromatic heterocycles. The summed E-state index contributed by atoms with van der Waals surface area (Å²) in [4.78, 5) is 33.4. The Balaban J connectivity index is 1.71. The lowest BCUT2D eigenvalue weighted by molar-refractivity contribution is -0.122. The van der Waals surface area contributed by atoms with Crippen molar-refractivity contribution in [1.29, 1.82) is 0 Å². The molecule has 2 heterocycles. The molecule has 1 fully saturated rings. The molecule has 8 nitrogen and oxygen atoms in total. The van der Waals surface area contributed by atoms with Crippen LogP contribution in [0.3, 0.4) is 0 Å². The number of likely N-dealkylation sites (tertiary alicyclic amines) is 1. The number of methoxy groups -OCH3 is 1. The van der Waals surface area contributed by atoms with Crippen LogP contribution in [-0.4, -0.2) is 60.3 Å². The summed E-state index contributed by atoms with van der Waals surface area (Å²) in [5.41, 5.74) is 0.968. The van der Waals surface area contributed by atoms with Crippen molar-refractivity contribution in [2.75, 3.05) is 33.9 Å². The first kappa shape index (κ1) is 24.7. The molecule has 0 bridgehead atoms. The highest BCUT2D eigenvalue weighted by Crippen LogP contribution is 2.25. The summed E-state index contributed by atoms with van der Waals surface area (Å²) in [5, 5.41) is 3.28. The molecule has 0 spiro atoms. The van der Waals surface area contributed by atoms with Gasteiger partial charge in [0.2, 0.25) is 5.91 Å². The molecule has 1 aliphatic heterocycles. The summed E-state index contributed by atoms with van der Waals surface area (Å²) in [6, 6.07) is 12.7. The summed E-state index contributed by atoms with van der Waals surface area (Å²) in [5.74, 6) is 1.92. The Bertz CT molecular complexity index is 1250. The van der Waals surface area contributed by atoms with Gasteiger partial charge < -0.3 is 19.7 Å². The van der Waals surface area contributed by atoms with E-state index in [1.165, 1.54) is 11.0 Å². The van der Waals surface area contributed by atoms with Crippen molar-refractivity contribution >= 4 is 16.8 Å². The van der Waals surface area contributed by atoms with Crippen LogP contribution in [0.1, 0.15) is 26.7 Å². The molecule has 1 atom stereocenters. The second kappa shape index (κ2) is 10.9. The lowest BCUT2D eigenvalue weighted by Crippen LogP contribution is -2.37. The lowest BCUT2D eigenvalue weighted by Gasteiger charge is -2.29. The summed E-state index contributed by atoms with van der Waals surface area (Å²) in [6.45, 7) is 6.38. The number of amides is 1. The number of nitrogens with one attached hydrogen (secondary N) is 1. The van der Waals surface area contributed by atoms with Gasteiger partial charge in [0.05, 0.1) is 24.6 Å². The maximum absolute atomic E-state index is 13.6. The highest BCUT2D eigenvalue weighted by Gasteiger charge is 2.19. The normalized spacial score (nSPS) is 16.4. The van der Waals surface area contributed by atoms with Crippen LogP contribution in [0.2, 0.25) is 0 Å². The van der Waals surface area contributed by atoms with Crippen molar-refractivity contribution in [2.45, 2.75) is 39.3 Å².